The van der Waals surface area contributed by atoms with Gasteiger partial charge in [0.05, 0.1) is 23.9 Å². The molecule has 1 amide bonds. The molecule has 0 aliphatic rings. The molecule has 35 heavy (non-hydrogen) atoms. The van der Waals surface area contributed by atoms with Crippen molar-refractivity contribution in [1.29, 1.82) is 0 Å². The van der Waals surface area contributed by atoms with Crippen LogP contribution in [0.5, 0.6) is 5.75 Å². The molecule has 5 rings (SSSR count). The van der Waals surface area contributed by atoms with Gasteiger partial charge in [0.25, 0.3) is 5.91 Å². The number of amides is 1. The van der Waals surface area contributed by atoms with Crippen LogP contribution < -0.4 is 10.1 Å². The summed E-state index contributed by atoms with van der Waals surface area (Å²) in [6.45, 7) is 0. The van der Waals surface area contributed by atoms with Crippen LogP contribution in [0.25, 0.3) is 33.3 Å². The van der Waals surface area contributed by atoms with E-state index in [-0.39, 0.29) is 5.91 Å². The monoisotopic (exact) mass is 476 g/mol. The molecule has 1 N–H and O–H groups in total. The van der Waals surface area contributed by atoms with Crippen LogP contribution in [-0.4, -0.2) is 24.3 Å². The number of rotatable bonds is 6. The fourth-order valence-corrected chi connectivity index (χ4v) is 4.42. The zero-order valence-electron chi connectivity index (χ0n) is 19.5. The van der Waals surface area contributed by atoms with Gasteiger partial charge in [-0.25, -0.2) is 4.98 Å². The van der Waals surface area contributed by atoms with E-state index in [0.29, 0.717) is 16.8 Å². The average molecular weight is 477 g/mol. The van der Waals surface area contributed by atoms with Gasteiger partial charge in [-0.2, -0.15) is 0 Å². The van der Waals surface area contributed by atoms with Gasteiger partial charge in [0, 0.05) is 27.6 Å². The van der Waals surface area contributed by atoms with Crippen LogP contribution in [0.15, 0.2) is 108 Å². The second-order valence-corrected chi connectivity index (χ2v) is 8.94. The van der Waals surface area contributed by atoms with E-state index < -0.39 is 0 Å². The number of pyridine rings is 1. The minimum Gasteiger partial charge on any atom is -0.497 e. The Morgan fingerprint density at radius 3 is 2.14 bits per heavy atom. The second-order valence-electron chi connectivity index (χ2n) is 8.06. The molecule has 0 aliphatic carbocycles. The zero-order chi connectivity index (χ0) is 24.2. The van der Waals surface area contributed by atoms with Crippen molar-refractivity contribution in [3.8, 4) is 28.1 Å². The lowest BCUT2D eigenvalue weighted by Crippen LogP contribution is -2.13. The Morgan fingerprint density at radius 2 is 1.49 bits per heavy atom. The Bertz CT molecular complexity index is 1480. The van der Waals surface area contributed by atoms with Gasteiger partial charge in [-0.05, 0) is 59.8 Å². The van der Waals surface area contributed by atoms with Crippen LogP contribution in [0, 0.1) is 0 Å². The third-order valence-electron chi connectivity index (χ3n) is 5.90. The summed E-state index contributed by atoms with van der Waals surface area (Å²) in [6, 6.07) is 33.7. The predicted molar refractivity (Wildman–Crippen MR) is 145 cm³/mol. The summed E-state index contributed by atoms with van der Waals surface area (Å²) < 4.78 is 5.38. The highest BCUT2D eigenvalue weighted by molar-refractivity contribution is 7.98. The largest absolute Gasteiger partial charge is 0.497 e. The van der Waals surface area contributed by atoms with Crippen LogP contribution >= 0.6 is 11.8 Å². The first-order chi connectivity index (χ1) is 17.1. The predicted octanol–water partition coefficient (Wildman–Crippen LogP) is 7.55. The summed E-state index contributed by atoms with van der Waals surface area (Å²) in [5, 5.41) is 3.83. The number of carbonyl (C=O) groups is 1. The summed E-state index contributed by atoms with van der Waals surface area (Å²) in [4.78, 5) is 19.5. The van der Waals surface area contributed by atoms with Gasteiger partial charge < -0.3 is 10.1 Å². The molecule has 0 saturated heterocycles. The smallest absolute Gasteiger partial charge is 0.256 e. The molecule has 0 atom stereocenters. The van der Waals surface area contributed by atoms with Crippen LogP contribution in [0.1, 0.15) is 10.4 Å². The van der Waals surface area contributed by atoms with E-state index in [1.54, 1.807) is 18.9 Å². The van der Waals surface area contributed by atoms with E-state index in [1.165, 1.54) is 4.90 Å². The minimum absolute atomic E-state index is 0.183. The molecule has 5 heteroatoms. The van der Waals surface area contributed by atoms with Gasteiger partial charge in [0.15, 0.2) is 0 Å². The van der Waals surface area contributed by atoms with Gasteiger partial charge in [-0.1, -0.05) is 54.6 Å². The molecule has 0 aliphatic heterocycles. The molecule has 0 fully saturated rings. The van der Waals surface area contributed by atoms with E-state index in [9.17, 15) is 4.79 Å². The molecule has 5 aromatic rings. The number of nitrogens with one attached hydrogen (secondary N) is 1. The fourth-order valence-electron chi connectivity index (χ4n) is 4.01. The van der Waals surface area contributed by atoms with Crippen molar-refractivity contribution >= 4 is 34.3 Å². The molecule has 0 unspecified atom stereocenters. The number of aromatic nitrogens is 1. The third-order valence-corrected chi connectivity index (χ3v) is 6.64. The Kier molecular flexibility index (Phi) is 6.51. The van der Waals surface area contributed by atoms with E-state index in [4.69, 9.17) is 9.72 Å². The van der Waals surface area contributed by atoms with Gasteiger partial charge in [0.1, 0.15) is 5.75 Å². The van der Waals surface area contributed by atoms with Crippen LogP contribution in [-0.2, 0) is 0 Å². The van der Waals surface area contributed by atoms with E-state index in [2.05, 4.69) is 35.8 Å². The Balaban J connectivity index is 1.46. The van der Waals surface area contributed by atoms with Crippen molar-refractivity contribution in [2.75, 3.05) is 18.7 Å². The van der Waals surface area contributed by atoms with E-state index in [1.807, 2.05) is 78.9 Å². The van der Waals surface area contributed by atoms with Crippen molar-refractivity contribution in [3.05, 3.63) is 109 Å². The molecular formula is C30H24N2O2S. The first kappa shape index (κ1) is 22.7. The van der Waals surface area contributed by atoms with Crippen LogP contribution in [0.2, 0.25) is 0 Å². The van der Waals surface area contributed by atoms with Crippen molar-refractivity contribution in [2.45, 2.75) is 4.90 Å². The first-order valence-electron chi connectivity index (χ1n) is 11.2. The maximum Gasteiger partial charge on any atom is 0.256 e. The van der Waals surface area contributed by atoms with Crippen molar-refractivity contribution < 1.29 is 9.53 Å². The van der Waals surface area contributed by atoms with Gasteiger partial charge in [0.2, 0.25) is 0 Å². The van der Waals surface area contributed by atoms with Crippen LogP contribution in [0.3, 0.4) is 0 Å². The number of thioether (sulfide) groups is 1. The average Bonchev–Trinajstić information content (AvgIpc) is 2.93. The van der Waals surface area contributed by atoms with E-state index >= 15 is 0 Å². The molecule has 0 bridgehead atoms. The SMILES string of the molecule is COc1ccc2c(C(=O)Nc3ccc(-c4ccc(SC)cc4)cc3)cc(-c3ccccc3)nc2c1. The second kappa shape index (κ2) is 10.0. The zero-order valence-corrected chi connectivity index (χ0v) is 20.3. The Morgan fingerprint density at radius 1 is 0.800 bits per heavy atom. The normalized spacial score (nSPS) is 10.8. The lowest BCUT2D eigenvalue weighted by molar-refractivity contribution is 0.102. The van der Waals surface area contributed by atoms with Crippen LogP contribution in [0.4, 0.5) is 5.69 Å². The summed E-state index contributed by atoms with van der Waals surface area (Å²) in [5.41, 5.74) is 5.93. The first-order valence-corrected chi connectivity index (χ1v) is 12.5. The number of benzene rings is 4. The highest BCUT2D eigenvalue weighted by Gasteiger charge is 2.15. The number of carbonyl (C=O) groups excluding carboxylic acids is 1. The number of anilines is 1. The lowest BCUT2D eigenvalue weighted by atomic mass is 10.0. The highest BCUT2D eigenvalue weighted by atomic mass is 32.2. The summed E-state index contributed by atoms with van der Waals surface area (Å²) in [5.74, 6) is 0.513. The number of hydrogen-bond acceptors (Lipinski definition) is 4. The highest BCUT2D eigenvalue weighted by Crippen LogP contribution is 2.29. The van der Waals surface area contributed by atoms with Crippen molar-refractivity contribution in [3.63, 3.8) is 0 Å². The van der Waals surface area contributed by atoms with Gasteiger partial charge in [-0.3, -0.25) is 4.79 Å². The van der Waals surface area contributed by atoms with Crippen molar-refractivity contribution in [2.24, 2.45) is 0 Å². The number of hydrogen-bond donors (Lipinski definition) is 1. The van der Waals surface area contributed by atoms with E-state index in [0.717, 1.165) is 33.5 Å². The standard InChI is InChI=1S/C30H24N2O2S/c1-34-24-14-17-26-27(19-28(32-29(26)18-24)22-6-4-3-5-7-22)30(33)31-23-12-8-20(9-13-23)21-10-15-25(35-2)16-11-21/h3-19H,1-2H3,(H,31,33). The minimum atomic E-state index is -0.183. The molecule has 172 valence electrons. The quantitative estimate of drug-likeness (QED) is 0.257. The molecule has 0 radical (unpaired) electrons. The lowest BCUT2D eigenvalue weighted by Gasteiger charge is -2.12. The number of nitrogens with zero attached hydrogens (tertiary/aromatic N) is 1. The third kappa shape index (κ3) is 4.91. The van der Waals surface area contributed by atoms with Gasteiger partial charge >= 0.3 is 0 Å². The summed E-state index contributed by atoms with van der Waals surface area (Å²) >= 11 is 1.72. The van der Waals surface area contributed by atoms with Gasteiger partial charge in [-0.15, -0.1) is 11.8 Å². The molecule has 1 heterocycles. The van der Waals surface area contributed by atoms with Crippen molar-refractivity contribution in [1.82, 2.24) is 4.98 Å². The fraction of sp³-hybridized carbons (Fsp3) is 0.0667. The maximum absolute atomic E-state index is 13.4. The summed E-state index contributed by atoms with van der Waals surface area (Å²) in [7, 11) is 1.62. The Labute approximate surface area is 209 Å². The maximum atomic E-state index is 13.4. The molecule has 1 aromatic heterocycles. The summed E-state index contributed by atoms with van der Waals surface area (Å²) in [6.07, 6.45) is 2.07. The molecular weight excluding hydrogens is 452 g/mol. The Hall–Kier alpha value is -4.09. The topological polar surface area (TPSA) is 51.2 Å². The molecule has 0 saturated carbocycles. The number of methoxy groups -OCH3 is 1. The molecule has 4 aromatic carbocycles. The molecule has 0 spiro atoms. The number of ether oxygens (including phenoxy) is 1. The molecule has 4 nitrogen and oxygen atoms in total. The number of fused-ring (bicyclic) bond motifs is 1.